The number of nitro groups is 1. The lowest BCUT2D eigenvalue weighted by Gasteiger charge is -2.20. The van der Waals surface area contributed by atoms with E-state index in [1.165, 1.54) is 0 Å². The standard InChI is InChI=1S/C9H14N4O2/c1-2-8-11-9(13(14)15)7-4-3-6(10)5-12(7)8/h6H,2-5,10H2,1H3. The Kier molecular flexibility index (Phi) is 2.44. The second-order valence-electron chi connectivity index (χ2n) is 3.82. The van der Waals surface area contributed by atoms with Gasteiger partial charge in [0.2, 0.25) is 5.82 Å². The van der Waals surface area contributed by atoms with E-state index in [2.05, 4.69) is 4.98 Å². The summed E-state index contributed by atoms with van der Waals surface area (Å²) in [7, 11) is 0. The molecule has 0 saturated heterocycles. The number of aryl methyl sites for hydroxylation is 1. The number of aromatic nitrogens is 2. The molecule has 2 rings (SSSR count). The summed E-state index contributed by atoms with van der Waals surface area (Å²) in [5.41, 5.74) is 6.57. The van der Waals surface area contributed by atoms with Crippen molar-refractivity contribution in [1.29, 1.82) is 0 Å². The summed E-state index contributed by atoms with van der Waals surface area (Å²) in [4.78, 5) is 14.4. The van der Waals surface area contributed by atoms with Crippen LogP contribution in [0.5, 0.6) is 0 Å². The average molecular weight is 210 g/mol. The van der Waals surface area contributed by atoms with Gasteiger partial charge in [-0.25, -0.2) is 0 Å². The van der Waals surface area contributed by atoms with E-state index < -0.39 is 4.92 Å². The second kappa shape index (κ2) is 3.62. The predicted octanol–water partition coefficient (Wildman–Crippen LogP) is 0.627. The number of hydrogen-bond donors (Lipinski definition) is 1. The maximum Gasteiger partial charge on any atom is 0.385 e. The molecular weight excluding hydrogens is 196 g/mol. The van der Waals surface area contributed by atoms with E-state index >= 15 is 0 Å². The van der Waals surface area contributed by atoms with E-state index in [4.69, 9.17) is 5.73 Å². The minimum absolute atomic E-state index is 0.0127. The molecule has 1 unspecified atom stereocenters. The first-order chi connectivity index (χ1) is 7.13. The molecule has 2 heterocycles. The third kappa shape index (κ3) is 1.61. The maximum atomic E-state index is 10.8. The Balaban J connectivity index is 2.49. The summed E-state index contributed by atoms with van der Waals surface area (Å²) in [6, 6.07) is 0.0941. The minimum Gasteiger partial charge on any atom is -0.358 e. The van der Waals surface area contributed by atoms with Crippen LogP contribution in [-0.2, 0) is 19.4 Å². The van der Waals surface area contributed by atoms with Crippen molar-refractivity contribution in [3.8, 4) is 0 Å². The van der Waals surface area contributed by atoms with E-state index in [-0.39, 0.29) is 11.9 Å². The van der Waals surface area contributed by atoms with Gasteiger partial charge in [-0.2, -0.15) is 0 Å². The Morgan fingerprint density at radius 2 is 2.47 bits per heavy atom. The van der Waals surface area contributed by atoms with Crippen molar-refractivity contribution in [2.45, 2.75) is 38.8 Å². The van der Waals surface area contributed by atoms with Crippen molar-refractivity contribution >= 4 is 5.82 Å². The van der Waals surface area contributed by atoms with E-state index in [1.54, 1.807) is 0 Å². The Labute approximate surface area is 87.2 Å². The Morgan fingerprint density at radius 1 is 1.73 bits per heavy atom. The van der Waals surface area contributed by atoms with Gasteiger partial charge in [-0.05, 0) is 22.7 Å². The van der Waals surface area contributed by atoms with Crippen LogP contribution in [0.4, 0.5) is 5.82 Å². The topological polar surface area (TPSA) is 87.0 Å². The van der Waals surface area contributed by atoms with Gasteiger partial charge in [0.25, 0.3) is 0 Å². The molecule has 6 heteroatoms. The lowest BCUT2D eigenvalue weighted by Crippen LogP contribution is -2.32. The highest BCUT2D eigenvalue weighted by molar-refractivity contribution is 5.31. The molecule has 1 aliphatic rings. The molecule has 0 aromatic carbocycles. The second-order valence-corrected chi connectivity index (χ2v) is 3.82. The highest BCUT2D eigenvalue weighted by Crippen LogP contribution is 2.25. The average Bonchev–Trinajstić information content (AvgIpc) is 2.55. The van der Waals surface area contributed by atoms with E-state index in [0.29, 0.717) is 19.4 Å². The van der Waals surface area contributed by atoms with Gasteiger partial charge in [-0.15, -0.1) is 0 Å². The maximum absolute atomic E-state index is 10.8. The smallest absolute Gasteiger partial charge is 0.358 e. The molecule has 6 nitrogen and oxygen atoms in total. The summed E-state index contributed by atoms with van der Waals surface area (Å²) >= 11 is 0. The van der Waals surface area contributed by atoms with Gasteiger partial charge < -0.3 is 20.4 Å². The molecule has 2 N–H and O–H groups in total. The Bertz CT molecular complexity index is 399. The fraction of sp³-hybridized carbons (Fsp3) is 0.667. The quantitative estimate of drug-likeness (QED) is 0.572. The molecule has 0 spiro atoms. The van der Waals surface area contributed by atoms with Gasteiger partial charge >= 0.3 is 5.82 Å². The van der Waals surface area contributed by atoms with Crippen molar-refractivity contribution in [2.24, 2.45) is 5.73 Å². The first-order valence-electron chi connectivity index (χ1n) is 5.11. The van der Waals surface area contributed by atoms with Crippen molar-refractivity contribution in [3.05, 3.63) is 21.6 Å². The van der Waals surface area contributed by atoms with E-state index in [0.717, 1.165) is 17.9 Å². The molecule has 0 saturated carbocycles. The fourth-order valence-electron chi connectivity index (χ4n) is 2.05. The molecule has 0 bridgehead atoms. The van der Waals surface area contributed by atoms with Crippen LogP contribution in [0.15, 0.2) is 0 Å². The summed E-state index contributed by atoms with van der Waals surface area (Å²) < 4.78 is 1.91. The van der Waals surface area contributed by atoms with E-state index in [1.807, 2.05) is 11.5 Å². The highest BCUT2D eigenvalue weighted by Gasteiger charge is 2.30. The lowest BCUT2D eigenvalue weighted by atomic mass is 10.1. The number of nitrogens with zero attached hydrogens (tertiary/aromatic N) is 3. The number of fused-ring (bicyclic) bond motifs is 1. The zero-order chi connectivity index (χ0) is 11.0. The monoisotopic (exact) mass is 210 g/mol. The molecule has 0 amide bonds. The van der Waals surface area contributed by atoms with E-state index in [9.17, 15) is 10.1 Å². The van der Waals surface area contributed by atoms with Gasteiger partial charge in [0.15, 0.2) is 0 Å². The van der Waals surface area contributed by atoms with Crippen LogP contribution in [0, 0.1) is 10.1 Å². The van der Waals surface area contributed by atoms with Crippen molar-refractivity contribution in [3.63, 3.8) is 0 Å². The molecule has 82 valence electrons. The molecule has 1 aromatic heterocycles. The Hall–Kier alpha value is -1.43. The highest BCUT2D eigenvalue weighted by atomic mass is 16.6. The molecule has 1 atom stereocenters. The Morgan fingerprint density at radius 3 is 3.07 bits per heavy atom. The molecule has 0 aliphatic carbocycles. The third-order valence-electron chi connectivity index (χ3n) is 2.79. The summed E-state index contributed by atoms with van der Waals surface area (Å²) in [6.07, 6.45) is 2.16. The predicted molar refractivity (Wildman–Crippen MR) is 54.6 cm³/mol. The number of hydrogen-bond acceptors (Lipinski definition) is 4. The first-order valence-corrected chi connectivity index (χ1v) is 5.11. The van der Waals surface area contributed by atoms with Crippen LogP contribution in [-0.4, -0.2) is 20.5 Å². The lowest BCUT2D eigenvalue weighted by molar-refractivity contribution is -0.390. The number of imidazole rings is 1. The molecule has 15 heavy (non-hydrogen) atoms. The number of nitrogens with two attached hydrogens (primary N) is 1. The molecule has 0 radical (unpaired) electrons. The zero-order valence-corrected chi connectivity index (χ0v) is 8.64. The first kappa shape index (κ1) is 10.1. The third-order valence-corrected chi connectivity index (χ3v) is 2.79. The van der Waals surface area contributed by atoms with Gasteiger partial charge in [0.05, 0.1) is 0 Å². The SMILES string of the molecule is CCc1nc([N+](=O)[O-])c2n1CC(N)CC2. The summed E-state index contributed by atoms with van der Waals surface area (Å²) in [5, 5.41) is 10.8. The molecule has 0 fully saturated rings. The van der Waals surface area contributed by atoms with Crippen LogP contribution >= 0.6 is 0 Å². The molecular formula is C9H14N4O2. The van der Waals surface area contributed by atoms with Gasteiger partial charge in [-0.3, -0.25) is 0 Å². The van der Waals surface area contributed by atoms with Crippen LogP contribution in [0.25, 0.3) is 0 Å². The van der Waals surface area contributed by atoms with Gasteiger partial charge in [0.1, 0.15) is 5.69 Å². The van der Waals surface area contributed by atoms with Crippen LogP contribution < -0.4 is 5.73 Å². The summed E-state index contributed by atoms with van der Waals surface area (Å²) in [5.74, 6) is 0.783. The van der Waals surface area contributed by atoms with Gasteiger partial charge in [0, 0.05) is 19.0 Å². The number of rotatable bonds is 2. The van der Waals surface area contributed by atoms with Crippen molar-refractivity contribution in [1.82, 2.24) is 9.55 Å². The van der Waals surface area contributed by atoms with Crippen molar-refractivity contribution in [2.75, 3.05) is 0 Å². The molecule has 1 aliphatic heterocycles. The largest absolute Gasteiger partial charge is 0.385 e. The van der Waals surface area contributed by atoms with Crippen LogP contribution in [0.1, 0.15) is 24.9 Å². The fourth-order valence-corrected chi connectivity index (χ4v) is 2.05. The van der Waals surface area contributed by atoms with Crippen LogP contribution in [0.2, 0.25) is 0 Å². The summed E-state index contributed by atoms with van der Waals surface area (Å²) in [6.45, 7) is 2.60. The van der Waals surface area contributed by atoms with Crippen LogP contribution in [0.3, 0.4) is 0 Å². The molecule has 1 aromatic rings. The minimum atomic E-state index is -0.401. The zero-order valence-electron chi connectivity index (χ0n) is 8.64. The van der Waals surface area contributed by atoms with Crippen molar-refractivity contribution < 1.29 is 4.92 Å². The normalized spacial score (nSPS) is 20.0. The van der Waals surface area contributed by atoms with Gasteiger partial charge in [-0.1, -0.05) is 6.92 Å².